The van der Waals surface area contributed by atoms with E-state index in [0.29, 0.717) is 5.56 Å². The first-order valence-electron chi connectivity index (χ1n) is 5.67. The Kier molecular flexibility index (Phi) is 3.28. The first-order chi connectivity index (χ1) is 8.59. The largest absolute Gasteiger partial charge is 0.368 e. The van der Waals surface area contributed by atoms with Crippen LogP contribution in [0.15, 0.2) is 42.5 Å². The monoisotopic (exact) mass is 242 g/mol. The van der Waals surface area contributed by atoms with Gasteiger partial charge in [-0.15, -0.1) is 0 Å². The number of rotatable bonds is 3. The maximum absolute atomic E-state index is 12.1. The van der Waals surface area contributed by atoms with Crippen LogP contribution >= 0.6 is 0 Å². The molecule has 2 amide bonds. The van der Waals surface area contributed by atoms with Crippen LogP contribution in [-0.2, 0) is 4.79 Å². The average molecular weight is 242 g/mol. The quantitative estimate of drug-likeness (QED) is 0.854. The van der Waals surface area contributed by atoms with Gasteiger partial charge in [-0.25, -0.2) is 0 Å². The number of carbonyl (C=O) groups excluding carboxylic acids is 2. The van der Waals surface area contributed by atoms with Crippen LogP contribution in [-0.4, -0.2) is 17.9 Å². The van der Waals surface area contributed by atoms with Gasteiger partial charge in [-0.05, 0) is 23.8 Å². The molecule has 0 spiro atoms. The van der Waals surface area contributed by atoms with Crippen LogP contribution in [0.25, 0.3) is 10.8 Å². The highest BCUT2D eigenvalue weighted by Gasteiger charge is 2.15. The Morgan fingerprint density at radius 2 is 1.78 bits per heavy atom. The van der Waals surface area contributed by atoms with Crippen molar-refractivity contribution in [2.75, 3.05) is 0 Å². The fourth-order valence-electron chi connectivity index (χ4n) is 1.77. The SMILES string of the molecule is C[C@H](NC(=O)c1cccc2ccccc12)C(N)=O. The summed E-state index contributed by atoms with van der Waals surface area (Å²) in [6, 6.07) is 12.4. The molecule has 0 aliphatic heterocycles. The Hall–Kier alpha value is -2.36. The molecule has 0 saturated carbocycles. The summed E-state index contributed by atoms with van der Waals surface area (Å²) in [5.41, 5.74) is 5.66. The smallest absolute Gasteiger partial charge is 0.252 e. The predicted octanol–water partition coefficient (Wildman–Crippen LogP) is 1.44. The predicted molar refractivity (Wildman–Crippen MR) is 70.1 cm³/mol. The van der Waals surface area contributed by atoms with Crippen LogP contribution in [0, 0.1) is 0 Å². The molecular weight excluding hydrogens is 228 g/mol. The van der Waals surface area contributed by atoms with E-state index >= 15 is 0 Å². The molecule has 2 aromatic carbocycles. The van der Waals surface area contributed by atoms with Crippen LogP contribution in [0.3, 0.4) is 0 Å². The van der Waals surface area contributed by atoms with E-state index in [-0.39, 0.29) is 5.91 Å². The van der Waals surface area contributed by atoms with Gasteiger partial charge in [-0.3, -0.25) is 9.59 Å². The Morgan fingerprint density at radius 3 is 2.50 bits per heavy atom. The molecule has 0 unspecified atom stereocenters. The van der Waals surface area contributed by atoms with E-state index in [1.165, 1.54) is 0 Å². The molecule has 92 valence electrons. The molecule has 1 atom stereocenters. The number of amides is 2. The second-order valence-corrected chi connectivity index (χ2v) is 4.12. The minimum atomic E-state index is -0.684. The zero-order valence-corrected chi connectivity index (χ0v) is 10.0. The zero-order chi connectivity index (χ0) is 13.1. The number of benzene rings is 2. The van der Waals surface area contributed by atoms with Gasteiger partial charge in [-0.1, -0.05) is 36.4 Å². The van der Waals surface area contributed by atoms with Crippen LogP contribution in [0.5, 0.6) is 0 Å². The maximum atomic E-state index is 12.1. The Balaban J connectivity index is 2.36. The molecule has 0 aromatic heterocycles. The van der Waals surface area contributed by atoms with E-state index < -0.39 is 11.9 Å². The van der Waals surface area contributed by atoms with Crippen LogP contribution in [0.4, 0.5) is 0 Å². The molecule has 4 heteroatoms. The number of carbonyl (C=O) groups is 2. The van der Waals surface area contributed by atoms with Gasteiger partial charge in [-0.2, -0.15) is 0 Å². The lowest BCUT2D eigenvalue weighted by atomic mass is 10.0. The summed E-state index contributed by atoms with van der Waals surface area (Å²) in [5.74, 6) is -0.846. The third-order valence-electron chi connectivity index (χ3n) is 2.81. The lowest BCUT2D eigenvalue weighted by molar-refractivity contribution is -0.119. The van der Waals surface area contributed by atoms with Gasteiger partial charge >= 0.3 is 0 Å². The topological polar surface area (TPSA) is 72.2 Å². The van der Waals surface area contributed by atoms with Crippen molar-refractivity contribution in [2.45, 2.75) is 13.0 Å². The molecule has 18 heavy (non-hydrogen) atoms. The molecule has 0 heterocycles. The van der Waals surface area contributed by atoms with Crippen LogP contribution in [0.2, 0.25) is 0 Å². The van der Waals surface area contributed by atoms with Gasteiger partial charge in [0.05, 0.1) is 0 Å². The average Bonchev–Trinajstić information content (AvgIpc) is 2.37. The van der Waals surface area contributed by atoms with Gasteiger partial charge in [0.25, 0.3) is 5.91 Å². The second-order valence-electron chi connectivity index (χ2n) is 4.12. The summed E-state index contributed by atoms with van der Waals surface area (Å²) in [6.45, 7) is 1.56. The van der Waals surface area contributed by atoms with Crippen LogP contribution in [0.1, 0.15) is 17.3 Å². The third-order valence-corrected chi connectivity index (χ3v) is 2.81. The van der Waals surface area contributed by atoms with E-state index in [0.717, 1.165) is 10.8 Å². The first-order valence-corrected chi connectivity index (χ1v) is 5.67. The third kappa shape index (κ3) is 2.32. The Bertz CT molecular complexity index is 602. The van der Waals surface area contributed by atoms with Crippen molar-refractivity contribution < 1.29 is 9.59 Å². The van der Waals surface area contributed by atoms with Crippen molar-refractivity contribution in [3.8, 4) is 0 Å². The molecule has 3 N–H and O–H groups in total. The molecule has 0 radical (unpaired) electrons. The maximum Gasteiger partial charge on any atom is 0.252 e. The lowest BCUT2D eigenvalue weighted by Gasteiger charge is -2.11. The molecule has 0 bridgehead atoms. The number of hydrogen-bond donors (Lipinski definition) is 2. The summed E-state index contributed by atoms with van der Waals surface area (Å²) in [5, 5.41) is 4.41. The van der Waals surface area contributed by atoms with Crippen molar-refractivity contribution >= 4 is 22.6 Å². The fraction of sp³-hybridized carbons (Fsp3) is 0.143. The van der Waals surface area contributed by atoms with Crippen molar-refractivity contribution in [2.24, 2.45) is 5.73 Å². The molecule has 0 saturated heterocycles. The number of primary amides is 1. The van der Waals surface area contributed by atoms with Gasteiger partial charge in [0.2, 0.25) is 5.91 Å². The van der Waals surface area contributed by atoms with E-state index in [1.807, 2.05) is 36.4 Å². The number of fused-ring (bicyclic) bond motifs is 1. The molecular formula is C14H14N2O2. The van der Waals surface area contributed by atoms with Crippen molar-refractivity contribution in [3.63, 3.8) is 0 Å². The molecule has 0 aliphatic rings. The van der Waals surface area contributed by atoms with E-state index in [1.54, 1.807) is 13.0 Å². The van der Waals surface area contributed by atoms with E-state index in [9.17, 15) is 9.59 Å². The van der Waals surface area contributed by atoms with Gasteiger partial charge in [0, 0.05) is 5.56 Å². The number of nitrogens with one attached hydrogen (secondary N) is 1. The highest BCUT2D eigenvalue weighted by molar-refractivity contribution is 6.08. The fourth-order valence-corrected chi connectivity index (χ4v) is 1.77. The summed E-state index contributed by atoms with van der Waals surface area (Å²) in [6.07, 6.45) is 0. The minimum absolute atomic E-state index is 0.293. The van der Waals surface area contributed by atoms with Gasteiger partial charge < -0.3 is 11.1 Å². The van der Waals surface area contributed by atoms with Crippen LogP contribution < -0.4 is 11.1 Å². The minimum Gasteiger partial charge on any atom is -0.368 e. The highest BCUT2D eigenvalue weighted by Crippen LogP contribution is 2.18. The van der Waals surface area contributed by atoms with Crippen molar-refractivity contribution in [3.05, 3.63) is 48.0 Å². The molecule has 0 fully saturated rings. The molecule has 2 aromatic rings. The summed E-state index contributed by atoms with van der Waals surface area (Å²) in [7, 11) is 0. The van der Waals surface area contributed by atoms with E-state index in [4.69, 9.17) is 5.73 Å². The first kappa shape index (κ1) is 12.1. The molecule has 4 nitrogen and oxygen atoms in total. The summed E-state index contributed by atoms with van der Waals surface area (Å²) < 4.78 is 0. The van der Waals surface area contributed by atoms with Crippen molar-refractivity contribution in [1.29, 1.82) is 0 Å². The summed E-state index contributed by atoms with van der Waals surface area (Å²) >= 11 is 0. The summed E-state index contributed by atoms with van der Waals surface area (Å²) in [4.78, 5) is 23.0. The van der Waals surface area contributed by atoms with Gasteiger partial charge in [0.1, 0.15) is 6.04 Å². The second kappa shape index (κ2) is 4.87. The molecule has 0 aliphatic carbocycles. The number of hydrogen-bond acceptors (Lipinski definition) is 2. The standard InChI is InChI=1S/C14H14N2O2/c1-9(13(15)17)16-14(18)12-8-4-6-10-5-2-3-7-11(10)12/h2-9H,1H3,(H2,15,17)(H,16,18)/t9-/m0/s1. The lowest BCUT2D eigenvalue weighted by Crippen LogP contribution is -2.42. The van der Waals surface area contributed by atoms with Crippen molar-refractivity contribution in [1.82, 2.24) is 5.32 Å². The number of nitrogens with two attached hydrogens (primary N) is 1. The highest BCUT2D eigenvalue weighted by atomic mass is 16.2. The Labute approximate surface area is 105 Å². The normalized spacial score (nSPS) is 12.1. The molecule has 2 rings (SSSR count). The van der Waals surface area contributed by atoms with Gasteiger partial charge in [0.15, 0.2) is 0 Å². The Morgan fingerprint density at radius 1 is 1.11 bits per heavy atom. The van der Waals surface area contributed by atoms with E-state index in [2.05, 4.69) is 5.32 Å². The zero-order valence-electron chi connectivity index (χ0n) is 10.0.